The number of thioether (sulfide) groups is 1. The SMILES string of the molecule is COc1ccc(/N=C(/SC)N2CC(n3c(C)cc4cc(F)ccc43)C2)cn1. The van der Waals surface area contributed by atoms with Crippen molar-refractivity contribution in [2.45, 2.75) is 13.0 Å². The minimum atomic E-state index is -0.195. The van der Waals surface area contributed by atoms with E-state index >= 15 is 0 Å². The van der Waals surface area contributed by atoms with Gasteiger partial charge in [0.15, 0.2) is 5.17 Å². The first-order chi connectivity index (χ1) is 13.1. The number of pyridine rings is 1. The van der Waals surface area contributed by atoms with Gasteiger partial charge in [-0.05, 0) is 43.5 Å². The van der Waals surface area contributed by atoms with Crippen LogP contribution in [0.25, 0.3) is 10.9 Å². The molecule has 140 valence electrons. The molecule has 0 N–H and O–H groups in total. The largest absolute Gasteiger partial charge is 0.481 e. The average Bonchev–Trinajstić information content (AvgIpc) is 2.95. The van der Waals surface area contributed by atoms with Crippen molar-refractivity contribution in [3.05, 3.63) is 54.1 Å². The number of nitrogens with zero attached hydrogens (tertiary/aromatic N) is 4. The molecule has 0 bridgehead atoms. The Hall–Kier alpha value is -2.54. The minimum Gasteiger partial charge on any atom is -0.481 e. The number of rotatable bonds is 3. The Morgan fingerprint density at radius 3 is 2.74 bits per heavy atom. The first-order valence-corrected chi connectivity index (χ1v) is 9.96. The Morgan fingerprint density at radius 2 is 2.07 bits per heavy atom. The second kappa shape index (κ2) is 7.23. The highest BCUT2D eigenvalue weighted by Crippen LogP contribution is 2.32. The summed E-state index contributed by atoms with van der Waals surface area (Å²) in [4.78, 5) is 11.2. The fourth-order valence-electron chi connectivity index (χ4n) is 3.52. The molecule has 5 nitrogen and oxygen atoms in total. The Kier molecular flexibility index (Phi) is 4.78. The molecular weight excluding hydrogens is 363 g/mol. The van der Waals surface area contributed by atoms with Crippen LogP contribution in [0.2, 0.25) is 0 Å². The number of hydrogen-bond donors (Lipinski definition) is 0. The average molecular weight is 384 g/mol. The van der Waals surface area contributed by atoms with E-state index in [2.05, 4.69) is 21.4 Å². The monoisotopic (exact) mass is 384 g/mol. The van der Waals surface area contributed by atoms with Gasteiger partial charge in [-0.25, -0.2) is 14.4 Å². The molecule has 1 aromatic carbocycles. The summed E-state index contributed by atoms with van der Waals surface area (Å²) in [6.45, 7) is 3.84. The molecule has 1 fully saturated rings. The molecule has 3 heterocycles. The van der Waals surface area contributed by atoms with Crippen LogP contribution in [-0.2, 0) is 0 Å². The molecule has 0 amide bonds. The number of aromatic nitrogens is 2. The van der Waals surface area contributed by atoms with Gasteiger partial charge < -0.3 is 14.2 Å². The third kappa shape index (κ3) is 3.39. The van der Waals surface area contributed by atoms with Gasteiger partial charge in [0.1, 0.15) is 5.82 Å². The van der Waals surface area contributed by atoms with Crippen LogP contribution in [0.15, 0.2) is 47.6 Å². The minimum absolute atomic E-state index is 0.195. The molecule has 1 aliphatic heterocycles. The van der Waals surface area contributed by atoms with E-state index in [1.54, 1.807) is 31.1 Å². The van der Waals surface area contributed by atoms with E-state index in [9.17, 15) is 4.39 Å². The zero-order valence-electron chi connectivity index (χ0n) is 15.5. The van der Waals surface area contributed by atoms with Crippen LogP contribution in [0.5, 0.6) is 5.88 Å². The lowest BCUT2D eigenvalue weighted by Gasteiger charge is -2.42. The maximum absolute atomic E-state index is 13.5. The zero-order valence-corrected chi connectivity index (χ0v) is 16.3. The summed E-state index contributed by atoms with van der Waals surface area (Å²) in [6, 6.07) is 11.1. The van der Waals surface area contributed by atoms with Crippen LogP contribution in [0.4, 0.5) is 10.1 Å². The van der Waals surface area contributed by atoms with Gasteiger partial charge in [-0.15, -0.1) is 0 Å². The maximum Gasteiger partial charge on any atom is 0.213 e. The molecule has 4 rings (SSSR count). The number of ether oxygens (including phenoxy) is 1. The normalized spacial score (nSPS) is 15.3. The van der Waals surface area contributed by atoms with Gasteiger partial charge in [0.05, 0.1) is 25.0 Å². The number of benzene rings is 1. The van der Waals surface area contributed by atoms with E-state index in [1.807, 2.05) is 30.5 Å². The van der Waals surface area contributed by atoms with E-state index in [0.29, 0.717) is 11.9 Å². The second-order valence-corrected chi connectivity index (χ2v) is 7.35. The summed E-state index contributed by atoms with van der Waals surface area (Å²) in [5.74, 6) is 0.384. The Labute approximate surface area is 161 Å². The third-order valence-electron chi connectivity index (χ3n) is 4.83. The molecule has 1 aliphatic rings. The van der Waals surface area contributed by atoms with Gasteiger partial charge in [-0.2, -0.15) is 0 Å². The van der Waals surface area contributed by atoms with Gasteiger partial charge in [0.2, 0.25) is 5.88 Å². The summed E-state index contributed by atoms with van der Waals surface area (Å²) in [6.07, 6.45) is 3.74. The van der Waals surface area contributed by atoms with E-state index in [0.717, 1.165) is 40.5 Å². The van der Waals surface area contributed by atoms with Crippen molar-refractivity contribution in [3.8, 4) is 5.88 Å². The van der Waals surface area contributed by atoms with E-state index in [1.165, 1.54) is 6.07 Å². The number of amidine groups is 1. The molecule has 1 saturated heterocycles. The summed E-state index contributed by atoms with van der Waals surface area (Å²) >= 11 is 1.63. The van der Waals surface area contributed by atoms with Crippen LogP contribution in [0, 0.1) is 12.7 Å². The maximum atomic E-state index is 13.5. The topological polar surface area (TPSA) is 42.6 Å². The summed E-state index contributed by atoms with van der Waals surface area (Å²) in [7, 11) is 1.60. The smallest absolute Gasteiger partial charge is 0.213 e. The predicted molar refractivity (Wildman–Crippen MR) is 109 cm³/mol. The molecule has 2 aromatic heterocycles. The number of hydrogen-bond acceptors (Lipinski definition) is 4. The highest BCUT2D eigenvalue weighted by Gasteiger charge is 2.32. The predicted octanol–water partition coefficient (Wildman–Crippen LogP) is 4.40. The number of aliphatic imine (C=N–C) groups is 1. The van der Waals surface area contributed by atoms with Crippen molar-refractivity contribution < 1.29 is 9.13 Å². The molecule has 7 heteroatoms. The van der Waals surface area contributed by atoms with Crippen molar-refractivity contribution in [1.29, 1.82) is 0 Å². The second-order valence-electron chi connectivity index (χ2n) is 6.57. The Morgan fingerprint density at radius 1 is 1.26 bits per heavy atom. The standard InChI is InChI=1S/C20H21FN4OS/c1-13-8-14-9-15(21)4-6-18(14)25(13)17-11-24(12-17)20(27-3)23-16-5-7-19(26-2)22-10-16/h4-10,17H,11-12H2,1-3H3/b23-20+. The molecule has 27 heavy (non-hydrogen) atoms. The molecular formula is C20H21FN4OS. The molecule has 0 atom stereocenters. The van der Waals surface area contributed by atoms with E-state index < -0.39 is 0 Å². The van der Waals surface area contributed by atoms with Gasteiger partial charge in [0, 0.05) is 35.8 Å². The van der Waals surface area contributed by atoms with Crippen LogP contribution < -0.4 is 4.74 Å². The van der Waals surface area contributed by atoms with Gasteiger partial charge in [0.25, 0.3) is 0 Å². The lowest BCUT2D eigenvalue weighted by atomic mass is 10.1. The molecule has 0 saturated carbocycles. The Balaban J connectivity index is 1.52. The highest BCUT2D eigenvalue weighted by molar-refractivity contribution is 8.13. The number of halogens is 1. The fraction of sp³-hybridized carbons (Fsp3) is 0.300. The van der Waals surface area contributed by atoms with Crippen LogP contribution in [-0.4, -0.2) is 46.1 Å². The van der Waals surface area contributed by atoms with Crippen molar-refractivity contribution in [2.24, 2.45) is 4.99 Å². The Bertz CT molecular complexity index is 993. The number of methoxy groups -OCH3 is 1. The van der Waals surface area contributed by atoms with Gasteiger partial charge in [-0.1, -0.05) is 11.8 Å². The highest BCUT2D eigenvalue weighted by atomic mass is 32.2. The lowest BCUT2D eigenvalue weighted by Crippen LogP contribution is -2.49. The van der Waals surface area contributed by atoms with Crippen LogP contribution >= 0.6 is 11.8 Å². The number of likely N-dealkylation sites (tertiary alicyclic amines) is 1. The molecule has 3 aromatic rings. The molecule has 0 radical (unpaired) electrons. The summed E-state index contributed by atoms with van der Waals surface area (Å²) < 4.78 is 20.9. The molecule has 0 aliphatic carbocycles. The van der Waals surface area contributed by atoms with Gasteiger partial charge >= 0.3 is 0 Å². The van der Waals surface area contributed by atoms with Gasteiger partial charge in [-0.3, -0.25) is 0 Å². The van der Waals surface area contributed by atoms with Crippen molar-refractivity contribution in [3.63, 3.8) is 0 Å². The third-order valence-corrected chi connectivity index (χ3v) is 5.54. The lowest BCUT2D eigenvalue weighted by molar-refractivity contribution is 0.199. The zero-order chi connectivity index (χ0) is 19.0. The quantitative estimate of drug-likeness (QED) is 0.496. The van der Waals surface area contributed by atoms with Crippen molar-refractivity contribution in [1.82, 2.24) is 14.5 Å². The summed E-state index contributed by atoms with van der Waals surface area (Å²) in [5.41, 5.74) is 3.05. The first kappa shape index (κ1) is 17.9. The van der Waals surface area contributed by atoms with Crippen molar-refractivity contribution >= 4 is 33.5 Å². The fourth-order valence-corrected chi connectivity index (χ4v) is 4.12. The number of fused-ring (bicyclic) bond motifs is 1. The van der Waals surface area contributed by atoms with E-state index in [-0.39, 0.29) is 5.82 Å². The van der Waals surface area contributed by atoms with Crippen molar-refractivity contribution in [2.75, 3.05) is 26.5 Å². The molecule has 0 unspecified atom stereocenters. The first-order valence-electron chi connectivity index (χ1n) is 8.74. The van der Waals surface area contributed by atoms with E-state index in [4.69, 9.17) is 9.73 Å². The molecule has 0 spiro atoms. The number of aryl methyl sites for hydroxylation is 1. The summed E-state index contributed by atoms with van der Waals surface area (Å²) in [5, 5.41) is 1.92. The van der Waals surface area contributed by atoms with Crippen LogP contribution in [0.1, 0.15) is 11.7 Å². The van der Waals surface area contributed by atoms with Crippen LogP contribution in [0.3, 0.4) is 0 Å².